The molecule has 2 amide bonds. The fourth-order valence-electron chi connectivity index (χ4n) is 4.48. The maximum Gasteiger partial charge on any atom is 0.407 e. The predicted molar refractivity (Wildman–Crippen MR) is 125 cm³/mol. The van der Waals surface area contributed by atoms with Crippen molar-refractivity contribution in [1.82, 2.24) is 24.6 Å². The van der Waals surface area contributed by atoms with Crippen LogP contribution >= 0.6 is 0 Å². The molecule has 3 aromatic rings. The Kier molecular flexibility index (Phi) is 5.97. The Balaban J connectivity index is 1.42. The third kappa shape index (κ3) is 4.42. The summed E-state index contributed by atoms with van der Waals surface area (Å²) in [5, 5.41) is 14.8. The lowest BCUT2D eigenvalue weighted by Crippen LogP contribution is -2.50. The van der Waals surface area contributed by atoms with Crippen LogP contribution in [0.1, 0.15) is 43.0 Å². The highest BCUT2D eigenvalue weighted by Crippen LogP contribution is 2.38. The Morgan fingerprint density at radius 1 is 1.25 bits per heavy atom. The van der Waals surface area contributed by atoms with Gasteiger partial charge in [0.1, 0.15) is 17.5 Å². The van der Waals surface area contributed by atoms with Gasteiger partial charge in [0, 0.05) is 36.5 Å². The lowest BCUT2D eigenvalue weighted by Gasteiger charge is -2.34. The van der Waals surface area contributed by atoms with Gasteiger partial charge in [-0.25, -0.2) is 27.9 Å². The Morgan fingerprint density at radius 3 is 2.72 bits per heavy atom. The molecule has 4 heterocycles. The Hall–Kier alpha value is -3.83. The maximum absolute atomic E-state index is 14.8. The highest BCUT2D eigenvalue weighted by atomic mass is 19.1. The molecular formula is C24H25F3N6O3. The number of carbonyl (C=O) groups excluding carboxylic acids is 1. The van der Waals surface area contributed by atoms with E-state index in [4.69, 9.17) is 0 Å². The zero-order valence-electron chi connectivity index (χ0n) is 19.5. The third-order valence-corrected chi connectivity index (χ3v) is 6.98. The summed E-state index contributed by atoms with van der Waals surface area (Å²) in [6.07, 6.45) is 2.94. The molecule has 12 heteroatoms. The minimum atomic E-state index is -1.43. The van der Waals surface area contributed by atoms with Crippen molar-refractivity contribution in [2.45, 2.75) is 50.4 Å². The van der Waals surface area contributed by atoms with Crippen molar-refractivity contribution in [3.8, 4) is 11.4 Å². The first kappa shape index (κ1) is 23.9. The van der Waals surface area contributed by atoms with Crippen molar-refractivity contribution in [1.29, 1.82) is 0 Å². The molecule has 2 fully saturated rings. The van der Waals surface area contributed by atoms with Crippen molar-refractivity contribution in [3.05, 3.63) is 47.8 Å². The minimum absolute atomic E-state index is 0.0283. The van der Waals surface area contributed by atoms with E-state index in [0.717, 1.165) is 24.2 Å². The second-order valence-corrected chi connectivity index (χ2v) is 9.31. The number of halogens is 3. The first-order valence-electron chi connectivity index (χ1n) is 11.7. The molecule has 1 saturated heterocycles. The average Bonchev–Trinajstić information content (AvgIpc) is 3.50. The predicted octanol–water partition coefficient (Wildman–Crippen LogP) is 3.85. The van der Waals surface area contributed by atoms with Gasteiger partial charge in [0.25, 0.3) is 5.91 Å². The largest absolute Gasteiger partial charge is 0.465 e. The highest BCUT2D eigenvalue weighted by molar-refractivity contribution is 5.95. The number of alkyl halides is 1. The number of nitrogens with one attached hydrogen (secondary N) is 2. The number of pyridine rings is 2. The summed E-state index contributed by atoms with van der Waals surface area (Å²) >= 11 is 0. The van der Waals surface area contributed by atoms with Crippen LogP contribution in [0, 0.1) is 11.6 Å². The Morgan fingerprint density at radius 2 is 2.03 bits per heavy atom. The van der Waals surface area contributed by atoms with Crippen LogP contribution in [0.25, 0.3) is 17.0 Å². The van der Waals surface area contributed by atoms with Crippen molar-refractivity contribution in [3.63, 3.8) is 0 Å². The van der Waals surface area contributed by atoms with Crippen molar-refractivity contribution < 1.29 is 27.9 Å². The molecule has 0 unspecified atom stereocenters. The van der Waals surface area contributed by atoms with E-state index in [2.05, 4.69) is 20.6 Å². The summed E-state index contributed by atoms with van der Waals surface area (Å²) in [6, 6.07) is 2.74. The van der Waals surface area contributed by atoms with Crippen LogP contribution in [0.4, 0.5) is 23.8 Å². The third-order valence-electron chi connectivity index (χ3n) is 6.98. The quantitative estimate of drug-likeness (QED) is 0.472. The molecule has 1 aliphatic carbocycles. The number of likely N-dealkylation sites (tertiary alicyclic amines) is 1. The van der Waals surface area contributed by atoms with E-state index < -0.39 is 35.8 Å². The van der Waals surface area contributed by atoms with Gasteiger partial charge in [0.15, 0.2) is 17.5 Å². The molecule has 36 heavy (non-hydrogen) atoms. The summed E-state index contributed by atoms with van der Waals surface area (Å²) in [7, 11) is 0. The summed E-state index contributed by atoms with van der Waals surface area (Å²) in [5.41, 5.74) is 0.605. The second-order valence-electron chi connectivity index (χ2n) is 9.31. The minimum Gasteiger partial charge on any atom is -0.465 e. The second kappa shape index (κ2) is 8.99. The number of hydrogen-bond acceptors (Lipinski definition) is 5. The number of aromatic nitrogens is 3. The van der Waals surface area contributed by atoms with Crippen molar-refractivity contribution in [2.24, 2.45) is 0 Å². The molecule has 0 aromatic carbocycles. The number of hydrogen-bond donors (Lipinski definition) is 3. The monoisotopic (exact) mass is 502 g/mol. The fraction of sp³-hybridized carbons (Fsp3) is 0.417. The van der Waals surface area contributed by atoms with E-state index in [1.807, 2.05) is 6.92 Å². The molecule has 1 saturated carbocycles. The maximum atomic E-state index is 14.8. The van der Waals surface area contributed by atoms with E-state index >= 15 is 0 Å². The van der Waals surface area contributed by atoms with Gasteiger partial charge in [0.2, 0.25) is 0 Å². The molecule has 190 valence electrons. The summed E-state index contributed by atoms with van der Waals surface area (Å²) < 4.78 is 45.3. The lowest BCUT2D eigenvalue weighted by atomic mass is 10.0. The normalized spacial score (nSPS) is 20.8. The summed E-state index contributed by atoms with van der Waals surface area (Å²) in [6.45, 7) is 1.85. The van der Waals surface area contributed by atoms with Crippen molar-refractivity contribution >= 4 is 23.5 Å². The molecule has 3 N–H and O–H groups in total. The van der Waals surface area contributed by atoms with Gasteiger partial charge in [-0.1, -0.05) is 6.92 Å². The van der Waals surface area contributed by atoms with Crippen LogP contribution in [0.3, 0.4) is 0 Å². The van der Waals surface area contributed by atoms with E-state index in [0.29, 0.717) is 17.3 Å². The smallest absolute Gasteiger partial charge is 0.407 e. The van der Waals surface area contributed by atoms with E-state index in [1.54, 1.807) is 18.3 Å². The van der Waals surface area contributed by atoms with Crippen LogP contribution in [-0.2, 0) is 0 Å². The first-order valence-corrected chi connectivity index (χ1v) is 11.7. The van der Waals surface area contributed by atoms with E-state index in [1.165, 1.54) is 10.6 Å². The van der Waals surface area contributed by atoms with Crippen LogP contribution in [0.15, 0.2) is 30.6 Å². The first-order chi connectivity index (χ1) is 17.2. The number of carbonyl (C=O) groups is 2. The zero-order valence-corrected chi connectivity index (χ0v) is 19.5. The number of fused-ring (bicyclic) bond motifs is 1. The standard InChI is InChI=1S/C24H25F3N6O3/c1-2-24(5-6-24)31-22(34)13-3-8-33-18(11-28-19(33)9-13)20-15(26)10-16(27)21(30-20)29-17-12-32(23(35)36)7-4-14(17)25/h3,8-11,14,17H,2,4-7,12H2,1H3,(H,29,30)(H,31,34)(H,35,36)/t14-,17-/m0/s1. The van der Waals surface area contributed by atoms with Crippen LogP contribution in [0.2, 0.25) is 0 Å². The number of rotatable bonds is 6. The number of piperidine rings is 1. The zero-order chi connectivity index (χ0) is 25.6. The van der Waals surface area contributed by atoms with E-state index in [9.17, 15) is 27.9 Å². The SMILES string of the molecule is CCC1(NC(=O)c2ccn3c(-c4nc(N[C@H]5CN(C(=O)O)CC[C@@H]5F)c(F)cc4F)cnc3c2)CC1. The molecule has 5 rings (SSSR count). The molecule has 9 nitrogen and oxygen atoms in total. The topological polar surface area (TPSA) is 112 Å². The molecule has 2 atom stereocenters. The van der Waals surface area contributed by atoms with Gasteiger partial charge in [-0.3, -0.25) is 9.20 Å². The van der Waals surface area contributed by atoms with Gasteiger partial charge >= 0.3 is 6.09 Å². The van der Waals surface area contributed by atoms with Crippen LogP contribution in [-0.4, -0.2) is 67.2 Å². The van der Waals surface area contributed by atoms with Gasteiger partial charge in [-0.15, -0.1) is 0 Å². The molecule has 0 radical (unpaired) electrons. The van der Waals surface area contributed by atoms with Gasteiger partial charge in [-0.05, 0) is 37.8 Å². The lowest BCUT2D eigenvalue weighted by molar-refractivity contribution is 0.0929. The molecular weight excluding hydrogens is 477 g/mol. The molecule has 3 aromatic heterocycles. The summed E-state index contributed by atoms with van der Waals surface area (Å²) in [5.74, 6) is -2.60. The molecule has 1 aliphatic heterocycles. The highest BCUT2D eigenvalue weighted by Gasteiger charge is 2.42. The van der Waals surface area contributed by atoms with Crippen LogP contribution in [0.5, 0.6) is 0 Å². The van der Waals surface area contributed by atoms with E-state index in [-0.39, 0.29) is 42.3 Å². The van der Waals surface area contributed by atoms with Gasteiger partial charge < -0.3 is 20.6 Å². The molecule has 0 spiro atoms. The number of anilines is 1. The Labute approximate surface area is 204 Å². The van der Waals surface area contributed by atoms with Crippen molar-refractivity contribution in [2.75, 3.05) is 18.4 Å². The number of nitrogens with zero attached hydrogens (tertiary/aromatic N) is 4. The van der Waals surface area contributed by atoms with Crippen LogP contribution < -0.4 is 10.6 Å². The average molecular weight is 502 g/mol. The number of amides is 2. The number of imidazole rings is 1. The van der Waals surface area contributed by atoms with Gasteiger partial charge in [0.05, 0.1) is 17.9 Å². The summed E-state index contributed by atoms with van der Waals surface area (Å²) in [4.78, 5) is 33.2. The number of carboxylic acid groups (broad SMARTS) is 1. The van der Waals surface area contributed by atoms with Gasteiger partial charge in [-0.2, -0.15) is 0 Å². The molecule has 0 bridgehead atoms. The molecule has 2 aliphatic rings. The Bertz CT molecular complexity index is 1340. The fourth-order valence-corrected chi connectivity index (χ4v) is 4.48.